The number of piperidine rings is 1. The summed E-state index contributed by atoms with van der Waals surface area (Å²) >= 11 is 6.03. The molecule has 0 radical (unpaired) electrons. The number of carbonyl (C=O) groups is 2. The Morgan fingerprint density at radius 2 is 1.92 bits per heavy atom. The maximum Gasteiger partial charge on any atom is 0.410 e. The van der Waals surface area contributed by atoms with E-state index in [0.717, 1.165) is 43.4 Å². The van der Waals surface area contributed by atoms with Crippen molar-refractivity contribution in [2.75, 3.05) is 13.1 Å². The Hall–Kier alpha value is -2.87. The van der Waals surface area contributed by atoms with Gasteiger partial charge in [0.15, 0.2) is 0 Å². The van der Waals surface area contributed by atoms with Gasteiger partial charge < -0.3 is 14.6 Å². The minimum atomic E-state index is -0.641. The van der Waals surface area contributed by atoms with Crippen LogP contribution in [0.25, 0.3) is 11.4 Å². The number of carbonyl (C=O) groups excluding carboxylic acids is 2. The van der Waals surface area contributed by atoms with E-state index < -0.39 is 17.7 Å². The molecule has 1 unspecified atom stereocenters. The maximum absolute atomic E-state index is 13.8. The second-order valence-electron chi connectivity index (χ2n) is 11.0. The van der Waals surface area contributed by atoms with Crippen molar-refractivity contribution in [3.63, 3.8) is 0 Å². The highest BCUT2D eigenvalue weighted by molar-refractivity contribution is 6.30. The second-order valence-corrected chi connectivity index (χ2v) is 11.5. The summed E-state index contributed by atoms with van der Waals surface area (Å²) < 4.78 is 5.60. The van der Waals surface area contributed by atoms with E-state index in [0.29, 0.717) is 35.9 Å². The van der Waals surface area contributed by atoms with E-state index >= 15 is 0 Å². The number of nitrogens with one attached hydrogen (secondary N) is 1. The molecule has 2 aromatic rings. The predicted molar refractivity (Wildman–Crippen MR) is 144 cm³/mol. The number of halogens is 1. The van der Waals surface area contributed by atoms with Crippen LogP contribution in [0.5, 0.6) is 0 Å². The number of aromatic amines is 1. The van der Waals surface area contributed by atoms with E-state index in [9.17, 15) is 14.4 Å². The molecule has 37 heavy (non-hydrogen) atoms. The fourth-order valence-corrected chi connectivity index (χ4v) is 5.27. The van der Waals surface area contributed by atoms with Crippen molar-refractivity contribution in [3.05, 3.63) is 50.9 Å². The highest BCUT2D eigenvalue weighted by Crippen LogP contribution is 2.32. The van der Waals surface area contributed by atoms with E-state index in [1.165, 1.54) is 0 Å². The molecule has 0 saturated carbocycles. The van der Waals surface area contributed by atoms with Gasteiger partial charge in [-0.25, -0.2) is 9.78 Å². The summed E-state index contributed by atoms with van der Waals surface area (Å²) in [5.74, 6) is 0.323. The van der Waals surface area contributed by atoms with Gasteiger partial charge in [0, 0.05) is 29.6 Å². The normalized spacial score (nSPS) is 19.9. The summed E-state index contributed by atoms with van der Waals surface area (Å²) in [5, 5.41) is 0.613. The van der Waals surface area contributed by atoms with Gasteiger partial charge in [0.1, 0.15) is 17.5 Å². The number of benzene rings is 1. The predicted octanol–water partition coefficient (Wildman–Crippen LogP) is 5.50. The molecule has 2 aliphatic heterocycles. The lowest BCUT2D eigenvalue weighted by molar-refractivity contribution is -0.139. The van der Waals surface area contributed by atoms with Gasteiger partial charge in [0.25, 0.3) is 5.56 Å². The molecule has 1 N–H and O–H groups in total. The van der Waals surface area contributed by atoms with Gasteiger partial charge in [-0.1, -0.05) is 31.4 Å². The number of aromatic nitrogens is 2. The Morgan fingerprint density at radius 1 is 1.19 bits per heavy atom. The van der Waals surface area contributed by atoms with Crippen molar-refractivity contribution in [3.8, 4) is 11.4 Å². The fourth-order valence-electron chi connectivity index (χ4n) is 5.14. The van der Waals surface area contributed by atoms with E-state index in [1.54, 1.807) is 21.9 Å². The van der Waals surface area contributed by atoms with Crippen LogP contribution in [0.2, 0.25) is 5.02 Å². The number of likely N-dealkylation sites (tertiary alicyclic amines) is 1. The van der Waals surface area contributed by atoms with E-state index in [-0.39, 0.29) is 23.9 Å². The molecule has 1 fully saturated rings. The third-order valence-electron chi connectivity index (χ3n) is 6.98. The molecule has 2 amide bonds. The third-order valence-corrected chi connectivity index (χ3v) is 7.23. The average molecular weight is 529 g/mol. The number of hydrogen-bond donors (Lipinski definition) is 1. The quantitative estimate of drug-likeness (QED) is 0.553. The van der Waals surface area contributed by atoms with Crippen LogP contribution in [0.1, 0.15) is 83.4 Å². The van der Waals surface area contributed by atoms with Crippen LogP contribution < -0.4 is 5.56 Å². The fraction of sp³-hybridized carbons (Fsp3) is 0.571. The van der Waals surface area contributed by atoms with Crippen molar-refractivity contribution < 1.29 is 14.3 Å². The number of amides is 2. The topological polar surface area (TPSA) is 95.6 Å². The molecule has 1 aromatic heterocycles. The Labute approximate surface area is 223 Å². The van der Waals surface area contributed by atoms with Crippen LogP contribution in [0.3, 0.4) is 0 Å². The molecule has 9 heteroatoms. The molecule has 2 atom stereocenters. The van der Waals surface area contributed by atoms with Crippen molar-refractivity contribution >= 4 is 23.6 Å². The van der Waals surface area contributed by atoms with Gasteiger partial charge in [0.05, 0.1) is 17.8 Å². The number of rotatable bonds is 5. The van der Waals surface area contributed by atoms with Crippen LogP contribution in [0.4, 0.5) is 4.79 Å². The minimum Gasteiger partial charge on any atom is -0.444 e. The van der Waals surface area contributed by atoms with Gasteiger partial charge in [0.2, 0.25) is 5.91 Å². The molecule has 0 bridgehead atoms. The molecule has 1 saturated heterocycles. The molecular weight excluding hydrogens is 492 g/mol. The zero-order valence-corrected chi connectivity index (χ0v) is 22.9. The highest BCUT2D eigenvalue weighted by Gasteiger charge is 2.40. The Kier molecular flexibility index (Phi) is 8.26. The first-order valence-corrected chi connectivity index (χ1v) is 13.6. The summed E-state index contributed by atoms with van der Waals surface area (Å²) in [6, 6.07) is 6.62. The van der Waals surface area contributed by atoms with Gasteiger partial charge in [-0.3, -0.25) is 14.5 Å². The van der Waals surface area contributed by atoms with E-state index in [4.69, 9.17) is 21.3 Å². The monoisotopic (exact) mass is 528 g/mol. The number of fused-ring (bicyclic) bond motifs is 1. The number of ether oxygens (including phenoxy) is 1. The third kappa shape index (κ3) is 6.35. The van der Waals surface area contributed by atoms with Crippen molar-refractivity contribution in [2.45, 2.75) is 90.3 Å². The van der Waals surface area contributed by atoms with Crippen LogP contribution in [-0.2, 0) is 16.1 Å². The van der Waals surface area contributed by atoms with Crippen molar-refractivity contribution in [2.24, 2.45) is 0 Å². The van der Waals surface area contributed by atoms with Crippen LogP contribution in [0, 0.1) is 0 Å². The zero-order chi connectivity index (χ0) is 26.7. The first-order chi connectivity index (χ1) is 17.6. The largest absolute Gasteiger partial charge is 0.444 e. The molecule has 1 aromatic carbocycles. The lowest BCUT2D eigenvalue weighted by atomic mass is 9.89. The van der Waals surface area contributed by atoms with Gasteiger partial charge >= 0.3 is 6.09 Å². The number of unbranched alkanes of at least 4 members (excludes halogenated alkanes) is 1. The second kappa shape index (κ2) is 11.3. The molecule has 0 aliphatic carbocycles. The molecule has 4 rings (SSSR count). The van der Waals surface area contributed by atoms with Crippen LogP contribution in [0.15, 0.2) is 29.1 Å². The van der Waals surface area contributed by atoms with Crippen LogP contribution in [-0.4, -0.2) is 56.5 Å². The Bertz CT molecular complexity index is 1190. The number of nitrogens with zero attached hydrogens (tertiary/aromatic N) is 3. The molecule has 0 spiro atoms. The molecular formula is C28H37ClN4O4. The standard InChI is InChI=1S/C28H37ClN4O4/c1-5-6-9-19-16-32(26(35)22-10-7-8-15-33(22)27(36)37-28(2,3)4)17-21-23(19)30-24(31-25(21)34)18-11-13-20(29)14-12-18/h11-14,19,22H,5-10,15-17H2,1-4H3,(H,30,31,34)/t19?,22-/m0/s1. The van der Waals surface area contributed by atoms with Gasteiger partial charge in [-0.2, -0.15) is 0 Å². The van der Waals surface area contributed by atoms with Crippen molar-refractivity contribution in [1.82, 2.24) is 19.8 Å². The SMILES string of the molecule is CCCCC1CN(C(=O)[C@@H]2CCCCN2C(=O)OC(C)(C)C)Cc2c1nc(-c1ccc(Cl)cc1)[nH]c2=O. The average Bonchev–Trinajstić information content (AvgIpc) is 2.86. The number of H-pyrrole nitrogens is 1. The highest BCUT2D eigenvalue weighted by atomic mass is 35.5. The van der Waals surface area contributed by atoms with Gasteiger partial charge in [-0.05, 0) is 70.7 Å². The lowest BCUT2D eigenvalue weighted by Gasteiger charge is -2.40. The first kappa shape index (κ1) is 27.2. The first-order valence-electron chi connectivity index (χ1n) is 13.2. The van der Waals surface area contributed by atoms with Crippen molar-refractivity contribution in [1.29, 1.82) is 0 Å². The van der Waals surface area contributed by atoms with Crippen LogP contribution >= 0.6 is 11.6 Å². The Balaban J connectivity index is 1.63. The smallest absolute Gasteiger partial charge is 0.410 e. The van der Waals surface area contributed by atoms with E-state index in [2.05, 4.69) is 11.9 Å². The van der Waals surface area contributed by atoms with Gasteiger partial charge in [-0.15, -0.1) is 0 Å². The van der Waals surface area contributed by atoms with E-state index in [1.807, 2.05) is 32.9 Å². The molecule has 3 heterocycles. The maximum atomic E-state index is 13.8. The minimum absolute atomic E-state index is 0.0560. The molecule has 2 aliphatic rings. The summed E-state index contributed by atoms with van der Waals surface area (Å²) in [5.41, 5.74) is 1.20. The summed E-state index contributed by atoms with van der Waals surface area (Å²) in [4.78, 5) is 51.1. The summed E-state index contributed by atoms with van der Waals surface area (Å²) in [6.07, 6.45) is 4.62. The number of hydrogen-bond acceptors (Lipinski definition) is 5. The molecule has 200 valence electrons. The summed E-state index contributed by atoms with van der Waals surface area (Å²) in [7, 11) is 0. The summed E-state index contributed by atoms with van der Waals surface area (Å²) in [6.45, 7) is 8.73. The molecule has 8 nitrogen and oxygen atoms in total. The zero-order valence-electron chi connectivity index (χ0n) is 22.2. The lowest BCUT2D eigenvalue weighted by Crippen LogP contribution is -2.55. The Morgan fingerprint density at radius 3 is 2.59 bits per heavy atom.